The third-order valence-corrected chi connectivity index (χ3v) is 6.48. The Balaban J connectivity index is 1.61. The van der Waals surface area contributed by atoms with E-state index in [-0.39, 0.29) is 29.5 Å². The fourth-order valence-corrected chi connectivity index (χ4v) is 4.40. The molecule has 0 saturated heterocycles. The van der Waals surface area contributed by atoms with Crippen molar-refractivity contribution in [1.29, 1.82) is 0 Å². The van der Waals surface area contributed by atoms with Crippen molar-refractivity contribution >= 4 is 23.6 Å². The van der Waals surface area contributed by atoms with Crippen LogP contribution in [0.2, 0.25) is 0 Å². The summed E-state index contributed by atoms with van der Waals surface area (Å²) in [5.41, 5.74) is 2.91. The lowest BCUT2D eigenvalue weighted by molar-refractivity contribution is -0.118. The van der Waals surface area contributed by atoms with Crippen molar-refractivity contribution in [1.82, 2.24) is 25.4 Å². The van der Waals surface area contributed by atoms with Crippen LogP contribution in [0.15, 0.2) is 59.8 Å². The maximum absolute atomic E-state index is 12.8. The largest absolute Gasteiger partial charge is 0.355 e. The number of hydrogen-bond donors (Lipinski definition) is 2. The fourth-order valence-electron chi connectivity index (χ4n) is 3.57. The first-order valence-electron chi connectivity index (χ1n) is 11.6. The lowest BCUT2D eigenvalue weighted by Gasteiger charge is -2.22. The van der Waals surface area contributed by atoms with Crippen LogP contribution in [0.1, 0.15) is 54.1 Å². The zero-order valence-corrected chi connectivity index (χ0v) is 21.1. The molecule has 0 aliphatic rings. The summed E-state index contributed by atoms with van der Waals surface area (Å²) in [5.74, 6) is 0.889. The van der Waals surface area contributed by atoms with Crippen LogP contribution >= 0.6 is 11.8 Å². The number of hydrogen-bond acceptors (Lipinski definition) is 5. The number of nitrogens with zero attached hydrogens (tertiary/aromatic N) is 3. The molecule has 3 rings (SSSR count). The van der Waals surface area contributed by atoms with E-state index in [1.165, 1.54) is 17.3 Å². The van der Waals surface area contributed by atoms with Gasteiger partial charge in [-0.05, 0) is 43.9 Å². The molecule has 2 amide bonds. The highest BCUT2D eigenvalue weighted by molar-refractivity contribution is 7.99. The topological polar surface area (TPSA) is 88.9 Å². The van der Waals surface area contributed by atoms with Crippen molar-refractivity contribution in [2.24, 2.45) is 5.92 Å². The molecule has 7 nitrogen and oxygen atoms in total. The second-order valence-corrected chi connectivity index (χ2v) is 9.46. The van der Waals surface area contributed by atoms with Gasteiger partial charge in [-0.3, -0.25) is 9.59 Å². The highest BCUT2D eigenvalue weighted by atomic mass is 32.2. The summed E-state index contributed by atoms with van der Waals surface area (Å²) in [6.45, 7) is 9.32. The molecule has 2 N–H and O–H groups in total. The second kappa shape index (κ2) is 12.4. The van der Waals surface area contributed by atoms with Crippen molar-refractivity contribution in [3.63, 3.8) is 0 Å². The van der Waals surface area contributed by atoms with Gasteiger partial charge in [0.05, 0.1) is 11.8 Å². The Kier molecular flexibility index (Phi) is 9.27. The standard InChI is InChI=1S/C26H33N5O2S/c1-5-31-24(23(18(2)3)28-25(33)21-13-11-19(4)12-14-21)29-30-26(31)34-17-22(32)27-16-15-20-9-7-6-8-10-20/h6-14,18,23H,5,15-17H2,1-4H3,(H,27,32)(H,28,33)/t23-/m0/s1. The van der Waals surface area contributed by atoms with E-state index >= 15 is 0 Å². The molecule has 2 aromatic carbocycles. The first kappa shape index (κ1) is 25.5. The van der Waals surface area contributed by atoms with Crippen molar-refractivity contribution in [3.8, 4) is 0 Å². The fraction of sp³-hybridized carbons (Fsp3) is 0.385. The Bertz CT molecular complexity index is 1080. The van der Waals surface area contributed by atoms with Gasteiger partial charge in [0.2, 0.25) is 5.91 Å². The van der Waals surface area contributed by atoms with Gasteiger partial charge < -0.3 is 15.2 Å². The summed E-state index contributed by atoms with van der Waals surface area (Å²) in [4.78, 5) is 25.2. The van der Waals surface area contributed by atoms with Gasteiger partial charge in [-0.25, -0.2) is 0 Å². The predicted octanol–water partition coefficient (Wildman–Crippen LogP) is 4.18. The van der Waals surface area contributed by atoms with Crippen LogP contribution in [0.25, 0.3) is 0 Å². The molecule has 0 aliphatic heterocycles. The number of thioether (sulfide) groups is 1. The minimum atomic E-state index is -0.296. The van der Waals surface area contributed by atoms with E-state index in [9.17, 15) is 9.59 Å². The molecule has 0 spiro atoms. The van der Waals surface area contributed by atoms with Gasteiger partial charge in [-0.2, -0.15) is 0 Å². The normalized spacial score (nSPS) is 11.9. The van der Waals surface area contributed by atoms with Crippen LogP contribution in [0.4, 0.5) is 0 Å². The average molecular weight is 480 g/mol. The maximum atomic E-state index is 12.8. The maximum Gasteiger partial charge on any atom is 0.251 e. The van der Waals surface area contributed by atoms with Crippen LogP contribution in [0.3, 0.4) is 0 Å². The number of carbonyl (C=O) groups is 2. The Morgan fingerprint density at radius 3 is 2.38 bits per heavy atom. The molecular formula is C26H33N5O2S. The van der Waals surface area contributed by atoms with Crippen molar-refractivity contribution < 1.29 is 9.59 Å². The summed E-state index contributed by atoms with van der Waals surface area (Å²) in [6.07, 6.45) is 0.795. The molecule has 0 bridgehead atoms. The third kappa shape index (κ3) is 6.93. The lowest BCUT2D eigenvalue weighted by atomic mass is 10.0. The summed E-state index contributed by atoms with van der Waals surface area (Å²) in [5, 5.41) is 15.5. The van der Waals surface area contributed by atoms with E-state index in [0.717, 1.165) is 12.0 Å². The van der Waals surface area contributed by atoms with Crippen molar-refractivity contribution in [2.45, 2.75) is 51.9 Å². The first-order chi connectivity index (χ1) is 16.4. The van der Waals surface area contributed by atoms with Gasteiger partial charge in [0, 0.05) is 18.7 Å². The summed E-state index contributed by atoms with van der Waals surface area (Å²) >= 11 is 1.36. The summed E-state index contributed by atoms with van der Waals surface area (Å²) < 4.78 is 1.97. The first-order valence-corrected chi connectivity index (χ1v) is 12.6. The molecule has 1 heterocycles. The highest BCUT2D eigenvalue weighted by Gasteiger charge is 2.26. The quantitative estimate of drug-likeness (QED) is 0.403. The number of rotatable bonds is 11. The number of nitrogens with one attached hydrogen (secondary N) is 2. The molecule has 34 heavy (non-hydrogen) atoms. The SMILES string of the molecule is CCn1c(SCC(=O)NCCc2ccccc2)nnc1[C@@H](NC(=O)c1ccc(C)cc1)C(C)C. The Labute approximate surface area is 205 Å². The molecule has 0 radical (unpaired) electrons. The predicted molar refractivity (Wildman–Crippen MR) is 136 cm³/mol. The molecule has 1 aromatic heterocycles. The highest BCUT2D eigenvalue weighted by Crippen LogP contribution is 2.25. The van der Waals surface area contributed by atoms with E-state index in [4.69, 9.17) is 0 Å². The van der Waals surface area contributed by atoms with Crippen molar-refractivity contribution in [2.75, 3.05) is 12.3 Å². The zero-order chi connectivity index (χ0) is 24.5. The van der Waals surface area contributed by atoms with Gasteiger partial charge in [0.15, 0.2) is 11.0 Å². The van der Waals surface area contributed by atoms with E-state index in [1.807, 2.05) is 74.7 Å². The molecular weight excluding hydrogens is 446 g/mol. The minimum Gasteiger partial charge on any atom is -0.355 e. The molecule has 180 valence electrons. The Hall–Kier alpha value is -3.13. The molecule has 0 aliphatic carbocycles. The molecule has 8 heteroatoms. The molecule has 3 aromatic rings. The number of carbonyl (C=O) groups excluding carboxylic acids is 2. The number of aryl methyl sites for hydroxylation is 1. The molecule has 0 saturated carbocycles. The van der Waals surface area contributed by atoms with Crippen LogP contribution in [0.5, 0.6) is 0 Å². The Morgan fingerprint density at radius 2 is 1.74 bits per heavy atom. The van der Waals surface area contributed by atoms with Crippen molar-refractivity contribution in [3.05, 3.63) is 77.1 Å². The van der Waals surface area contributed by atoms with Gasteiger partial charge >= 0.3 is 0 Å². The van der Waals surface area contributed by atoms with Gasteiger partial charge in [0.25, 0.3) is 5.91 Å². The second-order valence-electron chi connectivity index (χ2n) is 8.52. The number of amides is 2. The van der Waals surface area contributed by atoms with Gasteiger partial charge in [0.1, 0.15) is 0 Å². The molecule has 1 atom stereocenters. The van der Waals surface area contributed by atoms with E-state index < -0.39 is 0 Å². The zero-order valence-electron chi connectivity index (χ0n) is 20.2. The summed E-state index contributed by atoms with van der Waals surface area (Å²) in [7, 11) is 0. The van der Waals surface area contributed by atoms with Crippen LogP contribution in [0, 0.1) is 12.8 Å². The smallest absolute Gasteiger partial charge is 0.251 e. The van der Waals surface area contributed by atoms with Crippen LogP contribution in [-0.2, 0) is 17.8 Å². The molecule has 0 fully saturated rings. The average Bonchev–Trinajstić information content (AvgIpc) is 3.24. The Morgan fingerprint density at radius 1 is 1.03 bits per heavy atom. The number of benzene rings is 2. The van der Waals surface area contributed by atoms with Crippen LogP contribution in [-0.4, -0.2) is 38.9 Å². The van der Waals surface area contributed by atoms with E-state index in [1.54, 1.807) is 0 Å². The van der Waals surface area contributed by atoms with E-state index in [0.29, 0.717) is 29.6 Å². The molecule has 0 unspecified atom stereocenters. The lowest BCUT2D eigenvalue weighted by Crippen LogP contribution is -2.33. The van der Waals surface area contributed by atoms with E-state index in [2.05, 4.69) is 33.0 Å². The third-order valence-electron chi connectivity index (χ3n) is 5.52. The monoisotopic (exact) mass is 479 g/mol. The minimum absolute atomic E-state index is 0.0405. The van der Waals surface area contributed by atoms with Gasteiger partial charge in [-0.15, -0.1) is 10.2 Å². The number of aromatic nitrogens is 3. The van der Waals surface area contributed by atoms with Crippen LogP contribution < -0.4 is 10.6 Å². The summed E-state index contributed by atoms with van der Waals surface area (Å²) in [6, 6.07) is 17.3. The van der Waals surface area contributed by atoms with Gasteiger partial charge in [-0.1, -0.05) is 73.6 Å².